The zero-order chi connectivity index (χ0) is 19.6. The van der Waals surface area contributed by atoms with Gasteiger partial charge in [0.05, 0.1) is 12.1 Å². The number of benzene rings is 1. The molecule has 4 bridgehead atoms. The number of carbonyl (C=O) groups excluding carboxylic acids is 1. The molecule has 5 fully saturated rings. The fraction of sp³-hybridized carbons (Fsp3) is 0.667. The second-order valence-electron chi connectivity index (χ2n) is 10.4. The lowest BCUT2D eigenvalue weighted by molar-refractivity contribution is -0.126. The van der Waals surface area contributed by atoms with E-state index in [-0.39, 0.29) is 11.4 Å². The first-order valence-electron chi connectivity index (χ1n) is 11.5. The second kappa shape index (κ2) is 6.78. The number of hydrogen-bond acceptors (Lipinski definition) is 3. The molecule has 5 heteroatoms. The summed E-state index contributed by atoms with van der Waals surface area (Å²) in [4.78, 5) is 16.1. The molecule has 4 aliphatic carbocycles. The molecule has 29 heavy (non-hydrogen) atoms. The molecule has 0 atom stereocenters. The van der Waals surface area contributed by atoms with E-state index >= 15 is 0 Å². The molecule has 2 N–H and O–H groups in total. The highest BCUT2D eigenvalue weighted by Gasteiger charge is 2.49. The molecular weight excluding hydrogens is 378 g/mol. The van der Waals surface area contributed by atoms with Gasteiger partial charge in [-0.1, -0.05) is 36.5 Å². The van der Waals surface area contributed by atoms with Crippen LogP contribution in [0.4, 0.5) is 0 Å². The molecular formula is C24H31N3OS. The lowest BCUT2D eigenvalue weighted by Crippen LogP contribution is -2.57. The van der Waals surface area contributed by atoms with Crippen molar-refractivity contribution in [2.24, 2.45) is 23.7 Å². The fourth-order valence-corrected chi connectivity index (χ4v) is 7.91. The number of likely N-dealkylation sites (tertiary alicyclic amines) is 1. The van der Waals surface area contributed by atoms with Crippen molar-refractivity contribution in [1.29, 1.82) is 0 Å². The quantitative estimate of drug-likeness (QED) is 0.753. The number of thiocarbonyl (C=S) groups is 1. The molecule has 0 unspecified atom stereocenters. The van der Waals surface area contributed by atoms with E-state index in [9.17, 15) is 4.79 Å². The van der Waals surface area contributed by atoms with Gasteiger partial charge in [0.25, 0.3) is 0 Å². The summed E-state index contributed by atoms with van der Waals surface area (Å²) < 4.78 is 0. The van der Waals surface area contributed by atoms with E-state index < -0.39 is 0 Å². The summed E-state index contributed by atoms with van der Waals surface area (Å²) in [5.41, 5.74) is 2.51. The van der Waals surface area contributed by atoms with Crippen molar-refractivity contribution in [2.75, 3.05) is 19.6 Å². The van der Waals surface area contributed by atoms with Crippen molar-refractivity contribution < 1.29 is 4.79 Å². The number of nitrogens with zero attached hydrogens (tertiary/aromatic N) is 1. The third kappa shape index (κ3) is 3.04. The molecule has 0 aromatic heterocycles. The number of piperidine rings is 1. The van der Waals surface area contributed by atoms with Crippen LogP contribution in [0.25, 0.3) is 0 Å². The summed E-state index contributed by atoms with van der Waals surface area (Å²) in [7, 11) is 0. The Balaban J connectivity index is 1.06. The number of fused-ring (bicyclic) bond motifs is 2. The van der Waals surface area contributed by atoms with Gasteiger partial charge in [-0.3, -0.25) is 9.69 Å². The predicted octanol–water partition coefficient (Wildman–Crippen LogP) is 3.20. The zero-order valence-electron chi connectivity index (χ0n) is 17.0. The molecule has 4 saturated carbocycles. The largest absolute Gasteiger partial charge is 0.366 e. The van der Waals surface area contributed by atoms with E-state index in [0.29, 0.717) is 12.6 Å². The van der Waals surface area contributed by atoms with Gasteiger partial charge in [-0.2, -0.15) is 0 Å². The highest BCUT2D eigenvalue weighted by atomic mass is 32.1. The maximum absolute atomic E-state index is 12.9. The van der Waals surface area contributed by atoms with E-state index in [1.807, 2.05) is 0 Å². The Labute approximate surface area is 178 Å². The van der Waals surface area contributed by atoms with Crippen LogP contribution in [0.2, 0.25) is 0 Å². The average Bonchev–Trinajstić information content (AvgIpc) is 2.98. The molecule has 1 spiro atoms. The van der Waals surface area contributed by atoms with Crippen LogP contribution in [0.15, 0.2) is 24.3 Å². The van der Waals surface area contributed by atoms with E-state index in [1.165, 1.54) is 43.2 Å². The molecule has 7 rings (SSSR count). The van der Waals surface area contributed by atoms with Crippen LogP contribution in [0, 0.1) is 23.7 Å². The number of nitrogens with one attached hydrogen (secondary N) is 2. The molecule has 2 heterocycles. The average molecular weight is 410 g/mol. The Morgan fingerprint density at radius 1 is 1.07 bits per heavy atom. The van der Waals surface area contributed by atoms with Gasteiger partial charge >= 0.3 is 0 Å². The van der Waals surface area contributed by atoms with Gasteiger partial charge in [-0.25, -0.2) is 0 Å². The van der Waals surface area contributed by atoms with Crippen molar-refractivity contribution in [3.63, 3.8) is 0 Å². The van der Waals surface area contributed by atoms with Gasteiger partial charge in [0.1, 0.15) is 4.99 Å². The Hall–Kier alpha value is -1.46. The normalized spacial score (nSPS) is 36.8. The summed E-state index contributed by atoms with van der Waals surface area (Å²) in [5.74, 6) is 3.65. The molecule has 1 aromatic rings. The van der Waals surface area contributed by atoms with E-state index in [4.69, 9.17) is 12.2 Å². The van der Waals surface area contributed by atoms with Crippen molar-refractivity contribution in [2.45, 2.75) is 56.5 Å². The Bertz CT molecular complexity index is 816. The molecule has 2 aliphatic heterocycles. The summed E-state index contributed by atoms with van der Waals surface area (Å²) in [6, 6.07) is 8.98. The van der Waals surface area contributed by atoms with Gasteiger partial charge < -0.3 is 10.6 Å². The monoisotopic (exact) mass is 409 g/mol. The molecule has 1 saturated heterocycles. The van der Waals surface area contributed by atoms with Gasteiger partial charge in [-0.05, 0) is 74.2 Å². The van der Waals surface area contributed by atoms with Crippen LogP contribution in [-0.2, 0) is 10.3 Å². The summed E-state index contributed by atoms with van der Waals surface area (Å²) in [6.07, 6.45) is 8.91. The number of amides is 1. The molecule has 4 nitrogen and oxygen atoms in total. The Morgan fingerprint density at radius 2 is 1.72 bits per heavy atom. The van der Waals surface area contributed by atoms with Crippen LogP contribution in [0.3, 0.4) is 0 Å². The van der Waals surface area contributed by atoms with Crippen LogP contribution in [0.5, 0.6) is 0 Å². The van der Waals surface area contributed by atoms with Gasteiger partial charge in [0.2, 0.25) is 5.91 Å². The smallest absolute Gasteiger partial charge is 0.234 e. The predicted molar refractivity (Wildman–Crippen MR) is 118 cm³/mol. The first kappa shape index (κ1) is 18.3. The van der Waals surface area contributed by atoms with E-state index in [2.05, 4.69) is 39.8 Å². The number of carbonyl (C=O) groups is 1. The van der Waals surface area contributed by atoms with Crippen molar-refractivity contribution in [1.82, 2.24) is 15.5 Å². The molecule has 154 valence electrons. The molecule has 1 amide bonds. The van der Waals surface area contributed by atoms with Crippen LogP contribution < -0.4 is 10.6 Å². The van der Waals surface area contributed by atoms with Crippen LogP contribution >= 0.6 is 12.2 Å². The highest BCUT2D eigenvalue weighted by molar-refractivity contribution is 7.80. The summed E-state index contributed by atoms with van der Waals surface area (Å²) in [5, 5.41) is 7.09. The highest BCUT2D eigenvalue weighted by Crippen LogP contribution is 2.53. The van der Waals surface area contributed by atoms with Gasteiger partial charge in [0, 0.05) is 24.7 Å². The lowest BCUT2D eigenvalue weighted by Gasteiger charge is -2.54. The molecule has 0 radical (unpaired) electrons. The maximum atomic E-state index is 12.9. The van der Waals surface area contributed by atoms with Crippen molar-refractivity contribution in [3.8, 4) is 0 Å². The Morgan fingerprint density at radius 3 is 2.41 bits per heavy atom. The summed E-state index contributed by atoms with van der Waals surface area (Å²) in [6.45, 7) is 2.43. The van der Waals surface area contributed by atoms with Crippen LogP contribution in [-0.4, -0.2) is 41.5 Å². The topological polar surface area (TPSA) is 44.4 Å². The lowest BCUT2D eigenvalue weighted by atomic mass is 9.54. The minimum atomic E-state index is -0.0257. The van der Waals surface area contributed by atoms with Gasteiger partial charge in [0.15, 0.2) is 0 Å². The maximum Gasteiger partial charge on any atom is 0.234 e. The fourth-order valence-electron chi connectivity index (χ4n) is 7.53. The minimum Gasteiger partial charge on any atom is -0.366 e. The summed E-state index contributed by atoms with van der Waals surface area (Å²) >= 11 is 5.58. The van der Waals surface area contributed by atoms with Gasteiger partial charge in [-0.15, -0.1) is 0 Å². The molecule has 6 aliphatic rings. The Kier molecular flexibility index (Phi) is 4.28. The first-order chi connectivity index (χ1) is 14.1. The number of hydrogen-bond donors (Lipinski definition) is 2. The van der Waals surface area contributed by atoms with Crippen molar-refractivity contribution in [3.05, 3.63) is 35.4 Å². The van der Waals surface area contributed by atoms with Crippen LogP contribution in [0.1, 0.15) is 56.1 Å². The zero-order valence-corrected chi connectivity index (χ0v) is 17.8. The number of rotatable bonds is 3. The van der Waals surface area contributed by atoms with E-state index in [1.54, 1.807) is 0 Å². The standard InChI is InChI=1S/C24H31N3OS/c28-21(25-22-17-10-15-9-16(12-17)13-18(22)11-15)14-27-7-5-24(6-8-27)20-4-2-1-3-19(20)23(29)26-24/h1-4,15-18,22H,5-14H2,(H,25,28)(H,26,29). The van der Waals surface area contributed by atoms with E-state index in [0.717, 1.165) is 54.6 Å². The third-order valence-corrected chi connectivity index (χ3v) is 8.99. The molecule has 1 aromatic carbocycles. The van der Waals surface area contributed by atoms with Crippen molar-refractivity contribution >= 4 is 23.1 Å². The minimum absolute atomic E-state index is 0.0257. The SMILES string of the molecule is O=C(CN1CCC2(CC1)NC(=S)c1ccccc12)NC1C2CC3CC(C2)CC1C3. The third-order valence-electron chi connectivity index (χ3n) is 8.67. The second-order valence-corrected chi connectivity index (χ2v) is 10.8. The first-order valence-corrected chi connectivity index (χ1v) is 11.9.